The molecule has 2 aliphatic heterocycles. The lowest BCUT2D eigenvalue weighted by atomic mass is 9.98. The van der Waals surface area contributed by atoms with Crippen molar-refractivity contribution in [2.24, 2.45) is 0 Å². The van der Waals surface area contributed by atoms with Gasteiger partial charge in [-0.25, -0.2) is 4.79 Å². The molecule has 190 valence electrons. The van der Waals surface area contributed by atoms with E-state index in [0.717, 1.165) is 56.9 Å². The maximum atomic E-state index is 12.7. The first-order valence-corrected chi connectivity index (χ1v) is 13.1. The Kier molecular flexibility index (Phi) is 7.23. The minimum atomic E-state index is -0.685. The number of hydrogen-bond acceptors (Lipinski definition) is 5. The van der Waals surface area contributed by atoms with Crippen molar-refractivity contribution >= 4 is 29.2 Å². The van der Waals surface area contributed by atoms with Crippen LogP contribution in [0.25, 0.3) is 0 Å². The Labute approximate surface area is 212 Å². The molecule has 3 fully saturated rings. The normalized spacial score (nSPS) is 19.7. The first-order valence-electron chi connectivity index (χ1n) is 13.1. The Balaban J connectivity index is 1.04. The summed E-state index contributed by atoms with van der Waals surface area (Å²) in [5.74, 6) is -0.234. The molecule has 0 unspecified atom stereocenters. The van der Waals surface area contributed by atoms with Crippen molar-refractivity contribution in [3.63, 3.8) is 0 Å². The molecule has 0 bridgehead atoms. The van der Waals surface area contributed by atoms with Gasteiger partial charge in [-0.1, -0.05) is 43.2 Å². The number of hydrogen-bond donors (Lipinski definition) is 2. The van der Waals surface area contributed by atoms with Gasteiger partial charge in [0.2, 0.25) is 5.91 Å². The highest BCUT2D eigenvalue weighted by Gasteiger charge is 2.52. The average Bonchev–Trinajstić information content (AvgIpc) is 3.45. The topological polar surface area (TPSA) is 85.0 Å². The summed E-state index contributed by atoms with van der Waals surface area (Å²) in [4.78, 5) is 43.5. The standard InChI is InChI=1S/C28H35N5O3/c34-25(9-6-16-33-26(35)28(30-27(33)36)14-4-5-15-28)29-23-10-12-24(13-11-23)32-19-17-31(18-20-32)21-22-7-2-1-3-8-22/h1-3,7-8,10-13H,4-6,9,14-21H2,(H,29,34)(H,30,36). The van der Waals surface area contributed by atoms with Crippen molar-refractivity contribution in [3.05, 3.63) is 60.2 Å². The van der Waals surface area contributed by atoms with Crippen molar-refractivity contribution < 1.29 is 14.4 Å². The number of nitrogens with zero attached hydrogens (tertiary/aromatic N) is 3. The molecule has 2 N–H and O–H groups in total. The third-order valence-corrected chi connectivity index (χ3v) is 7.63. The molecule has 1 saturated carbocycles. The van der Waals surface area contributed by atoms with E-state index in [0.29, 0.717) is 19.3 Å². The monoisotopic (exact) mass is 489 g/mol. The molecule has 1 aliphatic carbocycles. The zero-order valence-electron chi connectivity index (χ0n) is 20.7. The SMILES string of the molecule is O=C(CCCN1C(=O)NC2(CCCC2)C1=O)Nc1ccc(N2CCN(Cc3ccccc3)CC2)cc1. The van der Waals surface area contributed by atoms with Crippen LogP contribution in [0.3, 0.4) is 0 Å². The van der Waals surface area contributed by atoms with E-state index in [1.165, 1.54) is 10.5 Å². The number of urea groups is 1. The van der Waals surface area contributed by atoms with E-state index in [1.807, 2.05) is 12.1 Å². The molecule has 8 nitrogen and oxygen atoms in total. The van der Waals surface area contributed by atoms with Crippen LogP contribution < -0.4 is 15.5 Å². The van der Waals surface area contributed by atoms with Gasteiger partial charge in [0.15, 0.2) is 0 Å². The van der Waals surface area contributed by atoms with Crippen LogP contribution in [0, 0.1) is 0 Å². The molecule has 5 rings (SSSR count). The van der Waals surface area contributed by atoms with Gasteiger partial charge in [0.1, 0.15) is 5.54 Å². The molecule has 2 aromatic rings. The summed E-state index contributed by atoms with van der Waals surface area (Å²) in [6.07, 6.45) is 4.07. The Bertz CT molecular complexity index is 1070. The second kappa shape index (κ2) is 10.7. The van der Waals surface area contributed by atoms with Crippen LogP contribution in [-0.2, 0) is 16.1 Å². The summed E-state index contributed by atoms with van der Waals surface area (Å²) in [6.45, 7) is 5.25. The molecule has 3 aliphatic rings. The van der Waals surface area contributed by atoms with E-state index in [-0.39, 0.29) is 30.8 Å². The third kappa shape index (κ3) is 5.38. The van der Waals surface area contributed by atoms with Crippen LogP contribution in [0.1, 0.15) is 44.1 Å². The molecule has 2 aromatic carbocycles. The summed E-state index contributed by atoms with van der Waals surface area (Å²) in [7, 11) is 0. The Hall–Kier alpha value is -3.39. The summed E-state index contributed by atoms with van der Waals surface area (Å²) >= 11 is 0. The maximum absolute atomic E-state index is 12.7. The number of imide groups is 1. The van der Waals surface area contributed by atoms with E-state index in [9.17, 15) is 14.4 Å². The number of carbonyl (C=O) groups is 3. The lowest BCUT2D eigenvalue weighted by Gasteiger charge is -2.36. The van der Waals surface area contributed by atoms with E-state index >= 15 is 0 Å². The van der Waals surface area contributed by atoms with E-state index in [2.05, 4.69) is 62.9 Å². The highest BCUT2D eigenvalue weighted by Crippen LogP contribution is 2.35. The average molecular weight is 490 g/mol. The second-order valence-electron chi connectivity index (χ2n) is 10.1. The molecule has 0 atom stereocenters. The van der Waals surface area contributed by atoms with E-state index in [1.54, 1.807) is 0 Å². The number of benzene rings is 2. The van der Waals surface area contributed by atoms with Gasteiger partial charge in [0.25, 0.3) is 5.91 Å². The lowest BCUT2D eigenvalue weighted by Crippen LogP contribution is -2.45. The molecule has 4 amide bonds. The lowest BCUT2D eigenvalue weighted by molar-refractivity contribution is -0.131. The van der Waals surface area contributed by atoms with Gasteiger partial charge in [-0.05, 0) is 49.1 Å². The van der Waals surface area contributed by atoms with Gasteiger partial charge in [-0.2, -0.15) is 0 Å². The van der Waals surface area contributed by atoms with Gasteiger partial charge < -0.3 is 15.5 Å². The molecule has 8 heteroatoms. The zero-order valence-corrected chi connectivity index (χ0v) is 20.7. The van der Waals surface area contributed by atoms with Gasteiger partial charge in [-0.3, -0.25) is 19.4 Å². The first kappa shape index (κ1) is 24.3. The van der Waals surface area contributed by atoms with Crippen molar-refractivity contribution in [2.45, 2.75) is 50.6 Å². The molecule has 2 heterocycles. The molecular formula is C28H35N5O3. The number of amides is 4. The van der Waals surface area contributed by atoms with Crippen LogP contribution >= 0.6 is 0 Å². The summed E-state index contributed by atoms with van der Waals surface area (Å²) in [5.41, 5.74) is 2.58. The number of piperazine rings is 1. The van der Waals surface area contributed by atoms with Gasteiger partial charge in [0, 0.05) is 57.1 Å². The molecule has 36 heavy (non-hydrogen) atoms. The molecule has 0 aromatic heterocycles. The van der Waals surface area contributed by atoms with Crippen LogP contribution in [0.4, 0.5) is 16.2 Å². The Morgan fingerprint density at radius 1 is 0.917 bits per heavy atom. The van der Waals surface area contributed by atoms with Gasteiger partial charge >= 0.3 is 6.03 Å². The molecule has 2 saturated heterocycles. The molecular weight excluding hydrogens is 454 g/mol. The summed E-state index contributed by atoms with van der Waals surface area (Å²) in [6, 6.07) is 18.2. The largest absolute Gasteiger partial charge is 0.369 e. The van der Waals surface area contributed by atoms with Crippen LogP contribution in [0.15, 0.2) is 54.6 Å². The minimum absolute atomic E-state index is 0.111. The van der Waals surface area contributed by atoms with E-state index in [4.69, 9.17) is 0 Å². The Morgan fingerprint density at radius 2 is 1.61 bits per heavy atom. The molecule has 0 radical (unpaired) electrons. The third-order valence-electron chi connectivity index (χ3n) is 7.63. The fourth-order valence-electron chi connectivity index (χ4n) is 5.58. The van der Waals surface area contributed by atoms with Gasteiger partial charge in [0.05, 0.1) is 0 Å². The number of rotatable bonds is 8. The number of carbonyl (C=O) groups excluding carboxylic acids is 3. The maximum Gasteiger partial charge on any atom is 0.325 e. The second-order valence-corrected chi connectivity index (χ2v) is 10.1. The van der Waals surface area contributed by atoms with Crippen molar-refractivity contribution in [2.75, 3.05) is 42.9 Å². The number of anilines is 2. The summed E-state index contributed by atoms with van der Waals surface area (Å²) in [5, 5.41) is 5.82. The predicted octanol–water partition coefficient (Wildman–Crippen LogP) is 3.59. The number of nitrogens with one attached hydrogen (secondary N) is 2. The molecule has 1 spiro atoms. The van der Waals surface area contributed by atoms with Crippen molar-refractivity contribution in [3.8, 4) is 0 Å². The van der Waals surface area contributed by atoms with Crippen LogP contribution in [0.5, 0.6) is 0 Å². The zero-order chi connectivity index (χ0) is 25.0. The fraction of sp³-hybridized carbons (Fsp3) is 0.464. The highest BCUT2D eigenvalue weighted by atomic mass is 16.2. The van der Waals surface area contributed by atoms with Crippen LogP contribution in [0.2, 0.25) is 0 Å². The van der Waals surface area contributed by atoms with Gasteiger partial charge in [-0.15, -0.1) is 0 Å². The van der Waals surface area contributed by atoms with E-state index < -0.39 is 5.54 Å². The Morgan fingerprint density at radius 3 is 2.31 bits per heavy atom. The predicted molar refractivity (Wildman–Crippen MR) is 140 cm³/mol. The van der Waals surface area contributed by atoms with Crippen molar-refractivity contribution in [1.29, 1.82) is 0 Å². The quantitative estimate of drug-likeness (QED) is 0.554. The highest BCUT2D eigenvalue weighted by molar-refractivity contribution is 6.07. The fourth-order valence-corrected chi connectivity index (χ4v) is 5.58. The first-order chi connectivity index (χ1) is 17.5. The van der Waals surface area contributed by atoms with Crippen molar-refractivity contribution in [1.82, 2.24) is 15.1 Å². The minimum Gasteiger partial charge on any atom is -0.369 e. The smallest absolute Gasteiger partial charge is 0.325 e. The summed E-state index contributed by atoms with van der Waals surface area (Å²) < 4.78 is 0. The van der Waals surface area contributed by atoms with Crippen LogP contribution in [-0.4, -0.2) is 65.9 Å².